The van der Waals surface area contributed by atoms with Crippen LogP contribution < -0.4 is 5.32 Å². The third kappa shape index (κ3) is 4.53. The van der Waals surface area contributed by atoms with Crippen LogP contribution >= 0.6 is 11.6 Å². The van der Waals surface area contributed by atoms with E-state index in [0.29, 0.717) is 24.0 Å². The van der Waals surface area contributed by atoms with E-state index in [1.165, 1.54) is 12.8 Å². The van der Waals surface area contributed by atoms with Gasteiger partial charge in [-0.2, -0.15) is 0 Å². The molecule has 6 heteroatoms. The third-order valence-corrected chi connectivity index (χ3v) is 5.60. The van der Waals surface area contributed by atoms with Crippen LogP contribution in [0.1, 0.15) is 32.6 Å². The molecule has 1 heterocycles. The first-order valence-corrected chi connectivity index (χ1v) is 9.48. The summed E-state index contributed by atoms with van der Waals surface area (Å²) < 4.78 is 0. The molecule has 1 saturated heterocycles. The molecule has 2 fully saturated rings. The number of nitrogens with one attached hydrogen (secondary N) is 1. The highest BCUT2D eigenvalue weighted by Crippen LogP contribution is 2.31. The van der Waals surface area contributed by atoms with Gasteiger partial charge in [-0.3, -0.25) is 14.5 Å². The molecule has 0 bridgehead atoms. The van der Waals surface area contributed by atoms with E-state index in [1.807, 2.05) is 17.0 Å². The molecule has 1 aliphatic carbocycles. The summed E-state index contributed by atoms with van der Waals surface area (Å²) >= 11 is 6.03. The molecule has 1 N–H and O–H groups in total. The Morgan fingerprint density at radius 1 is 1.16 bits per heavy atom. The second kappa shape index (κ2) is 8.19. The molecule has 5 nitrogen and oxygen atoms in total. The van der Waals surface area contributed by atoms with Crippen molar-refractivity contribution < 1.29 is 9.59 Å². The molecule has 1 atom stereocenters. The lowest BCUT2D eigenvalue weighted by Gasteiger charge is -2.40. The van der Waals surface area contributed by atoms with Crippen molar-refractivity contribution in [2.24, 2.45) is 5.92 Å². The van der Waals surface area contributed by atoms with Crippen molar-refractivity contribution in [1.29, 1.82) is 0 Å². The molecule has 25 heavy (non-hydrogen) atoms. The summed E-state index contributed by atoms with van der Waals surface area (Å²) in [6, 6.07) is 7.15. The Balaban J connectivity index is 1.71. The number of hydrogen-bond donors (Lipinski definition) is 1. The number of benzene rings is 1. The monoisotopic (exact) mass is 363 g/mol. The second-order valence-corrected chi connectivity index (χ2v) is 7.47. The van der Waals surface area contributed by atoms with Crippen molar-refractivity contribution in [2.45, 2.75) is 38.6 Å². The maximum Gasteiger partial charge on any atom is 0.242 e. The average Bonchev–Trinajstić information content (AvgIpc) is 3.09. The molecule has 1 aromatic rings. The van der Waals surface area contributed by atoms with E-state index in [4.69, 9.17) is 11.6 Å². The van der Waals surface area contributed by atoms with E-state index in [2.05, 4.69) is 10.2 Å². The van der Waals surface area contributed by atoms with Gasteiger partial charge in [0.2, 0.25) is 11.8 Å². The first-order chi connectivity index (χ1) is 12.0. The van der Waals surface area contributed by atoms with Crippen molar-refractivity contribution in [3.8, 4) is 0 Å². The number of piperazine rings is 1. The zero-order valence-electron chi connectivity index (χ0n) is 14.7. The molecule has 1 aromatic carbocycles. The van der Waals surface area contributed by atoms with Crippen LogP contribution in [0.25, 0.3) is 0 Å². The zero-order chi connectivity index (χ0) is 17.8. The summed E-state index contributed by atoms with van der Waals surface area (Å²) in [7, 11) is 0. The molecule has 0 aromatic heterocycles. The number of anilines is 1. The Morgan fingerprint density at radius 3 is 2.44 bits per heavy atom. The number of amides is 2. The molecular formula is C19H26ClN3O2. The quantitative estimate of drug-likeness (QED) is 0.894. The van der Waals surface area contributed by atoms with E-state index in [9.17, 15) is 9.59 Å². The fourth-order valence-corrected chi connectivity index (χ4v) is 4.24. The van der Waals surface area contributed by atoms with Crippen molar-refractivity contribution in [2.75, 3.05) is 31.5 Å². The number of rotatable bonds is 4. The van der Waals surface area contributed by atoms with Gasteiger partial charge in [-0.05, 0) is 37.0 Å². The first-order valence-electron chi connectivity index (χ1n) is 9.10. The number of carbonyl (C=O) groups is 2. The Hall–Kier alpha value is -1.59. The first kappa shape index (κ1) is 18.2. The molecule has 2 amide bonds. The summed E-state index contributed by atoms with van der Waals surface area (Å²) in [4.78, 5) is 28.7. The fourth-order valence-electron chi connectivity index (χ4n) is 4.05. The van der Waals surface area contributed by atoms with Gasteiger partial charge in [0.1, 0.15) is 0 Å². The lowest BCUT2D eigenvalue weighted by Crippen LogP contribution is -2.56. The Bertz CT molecular complexity index is 623. The molecular weight excluding hydrogens is 338 g/mol. The summed E-state index contributed by atoms with van der Waals surface area (Å²) in [6.45, 7) is 4.51. The van der Waals surface area contributed by atoms with Gasteiger partial charge in [0.25, 0.3) is 0 Å². The number of carbonyl (C=O) groups excluding carboxylic acids is 2. The molecule has 1 aliphatic heterocycles. The largest absolute Gasteiger partial charge is 0.340 e. The lowest BCUT2D eigenvalue weighted by atomic mass is 9.95. The Kier molecular flexibility index (Phi) is 5.97. The molecule has 136 valence electrons. The van der Waals surface area contributed by atoms with Gasteiger partial charge in [0.05, 0.1) is 6.04 Å². The zero-order valence-corrected chi connectivity index (χ0v) is 15.5. The molecule has 1 saturated carbocycles. The second-order valence-electron chi connectivity index (χ2n) is 7.03. The standard InChI is InChI=1S/C19H26ClN3O2/c1-14(24)22-9-11-23(12-10-22)18(15-5-2-3-6-15)19(25)21-17-8-4-7-16(20)13-17/h4,7-8,13,15,18H,2-3,5-6,9-12H2,1H3,(H,21,25)/t18-/m0/s1. The summed E-state index contributed by atoms with van der Waals surface area (Å²) in [5.74, 6) is 0.550. The van der Waals surface area contributed by atoms with Crippen LogP contribution in [0.4, 0.5) is 5.69 Å². The highest BCUT2D eigenvalue weighted by atomic mass is 35.5. The summed E-state index contributed by atoms with van der Waals surface area (Å²) in [5, 5.41) is 3.66. The topological polar surface area (TPSA) is 52.7 Å². The van der Waals surface area contributed by atoms with E-state index >= 15 is 0 Å². The van der Waals surface area contributed by atoms with E-state index in [-0.39, 0.29) is 17.9 Å². The average molecular weight is 364 g/mol. The van der Waals surface area contributed by atoms with Crippen LogP contribution in [-0.4, -0.2) is 53.8 Å². The van der Waals surface area contributed by atoms with Gasteiger partial charge >= 0.3 is 0 Å². The SMILES string of the molecule is CC(=O)N1CCN([C@H](C(=O)Nc2cccc(Cl)c2)C2CCCC2)CC1. The molecule has 0 radical (unpaired) electrons. The summed E-state index contributed by atoms with van der Waals surface area (Å²) in [5.41, 5.74) is 0.739. The van der Waals surface area contributed by atoms with Crippen LogP contribution in [0, 0.1) is 5.92 Å². The van der Waals surface area contributed by atoms with Gasteiger partial charge in [-0.1, -0.05) is 30.5 Å². The predicted molar refractivity (Wildman–Crippen MR) is 99.7 cm³/mol. The van der Waals surface area contributed by atoms with Gasteiger partial charge in [0, 0.05) is 43.8 Å². The minimum atomic E-state index is -0.129. The van der Waals surface area contributed by atoms with Gasteiger partial charge in [-0.25, -0.2) is 0 Å². The lowest BCUT2D eigenvalue weighted by molar-refractivity contribution is -0.132. The van der Waals surface area contributed by atoms with Crippen LogP contribution in [-0.2, 0) is 9.59 Å². The minimum Gasteiger partial charge on any atom is -0.340 e. The van der Waals surface area contributed by atoms with E-state index < -0.39 is 0 Å². The van der Waals surface area contributed by atoms with Crippen molar-refractivity contribution in [1.82, 2.24) is 9.80 Å². The summed E-state index contributed by atoms with van der Waals surface area (Å²) in [6.07, 6.45) is 4.58. The third-order valence-electron chi connectivity index (χ3n) is 5.36. The number of nitrogens with zero attached hydrogens (tertiary/aromatic N) is 2. The normalized spacial score (nSPS) is 20.5. The van der Waals surface area contributed by atoms with Crippen molar-refractivity contribution in [3.05, 3.63) is 29.3 Å². The maximum absolute atomic E-state index is 13.0. The fraction of sp³-hybridized carbons (Fsp3) is 0.579. The highest BCUT2D eigenvalue weighted by molar-refractivity contribution is 6.30. The molecule has 3 rings (SSSR count). The smallest absolute Gasteiger partial charge is 0.242 e. The van der Waals surface area contributed by atoms with Gasteiger partial charge < -0.3 is 10.2 Å². The van der Waals surface area contributed by atoms with Crippen molar-refractivity contribution >= 4 is 29.1 Å². The predicted octanol–water partition coefficient (Wildman–Crippen LogP) is 3.00. The molecule has 2 aliphatic rings. The van der Waals surface area contributed by atoms with Gasteiger partial charge in [0.15, 0.2) is 0 Å². The van der Waals surface area contributed by atoms with Gasteiger partial charge in [-0.15, -0.1) is 0 Å². The van der Waals surface area contributed by atoms with E-state index in [1.54, 1.807) is 19.1 Å². The van der Waals surface area contributed by atoms with Crippen LogP contribution in [0.3, 0.4) is 0 Å². The van der Waals surface area contributed by atoms with E-state index in [0.717, 1.165) is 31.6 Å². The maximum atomic E-state index is 13.0. The molecule has 0 unspecified atom stereocenters. The van der Waals surface area contributed by atoms with Crippen LogP contribution in [0.5, 0.6) is 0 Å². The number of hydrogen-bond acceptors (Lipinski definition) is 3. The minimum absolute atomic E-state index is 0.0467. The van der Waals surface area contributed by atoms with Crippen LogP contribution in [0.2, 0.25) is 5.02 Å². The number of halogens is 1. The molecule has 0 spiro atoms. The Morgan fingerprint density at radius 2 is 1.84 bits per heavy atom. The Labute approximate surface area is 154 Å². The highest BCUT2D eigenvalue weighted by Gasteiger charge is 2.37. The van der Waals surface area contributed by atoms with Crippen LogP contribution in [0.15, 0.2) is 24.3 Å². The van der Waals surface area contributed by atoms with Crippen molar-refractivity contribution in [3.63, 3.8) is 0 Å².